The van der Waals surface area contributed by atoms with Gasteiger partial charge in [0.1, 0.15) is 0 Å². The number of nitrogens with one attached hydrogen (secondary N) is 1. The van der Waals surface area contributed by atoms with E-state index in [2.05, 4.69) is 22.4 Å². The molecule has 0 aromatic heterocycles. The van der Waals surface area contributed by atoms with E-state index in [4.69, 9.17) is 0 Å². The maximum absolute atomic E-state index is 12.2. The summed E-state index contributed by atoms with van der Waals surface area (Å²) in [6.07, 6.45) is 9.29. The zero-order valence-electron chi connectivity index (χ0n) is 14.7. The molecule has 0 bridgehead atoms. The molecule has 0 radical (unpaired) electrons. The number of fused-ring (bicyclic) bond motifs is 1. The third kappa shape index (κ3) is 5.31. The van der Waals surface area contributed by atoms with Crippen LogP contribution in [0, 0.1) is 0 Å². The van der Waals surface area contributed by atoms with Crippen molar-refractivity contribution in [3.63, 3.8) is 0 Å². The van der Waals surface area contributed by atoms with Crippen molar-refractivity contribution in [2.75, 3.05) is 26.2 Å². The number of aliphatic hydroxyl groups is 1. The highest BCUT2D eigenvalue weighted by Crippen LogP contribution is 2.23. The van der Waals surface area contributed by atoms with Gasteiger partial charge in [-0.3, -0.25) is 14.5 Å². The summed E-state index contributed by atoms with van der Waals surface area (Å²) in [6, 6.07) is 0.0722. The second-order valence-corrected chi connectivity index (χ2v) is 6.78. The maximum atomic E-state index is 12.2. The zero-order valence-corrected chi connectivity index (χ0v) is 14.7. The molecule has 2 aliphatic rings. The standard InChI is InChI=1S/C18H31N3O3/c1-2-17(23)16-8-5-7-15-13-18(24)19-9-3-4-10-20(14-22)11-6-12-21(15)16/h5,8,14-17,23H,2-4,6-7,9-13H2,1H3,(H,19,24)/t15-,16+,17+/m1/s1. The van der Waals surface area contributed by atoms with Crippen LogP contribution in [0.5, 0.6) is 0 Å². The average Bonchev–Trinajstić information content (AvgIpc) is 2.61. The average molecular weight is 337 g/mol. The van der Waals surface area contributed by atoms with Crippen molar-refractivity contribution in [1.82, 2.24) is 15.1 Å². The Morgan fingerprint density at radius 2 is 2.12 bits per heavy atom. The molecule has 2 N–H and O–H groups in total. The fourth-order valence-electron chi connectivity index (χ4n) is 3.61. The number of hydrogen-bond donors (Lipinski definition) is 2. The van der Waals surface area contributed by atoms with E-state index in [1.54, 1.807) is 0 Å². The molecular formula is C18H31N3O3. The summed E-state index contributed by atoms with van der Waals surface area (Å²) >= 11 is 0. The molecule has 0 saturated carbocycles. The molecule has 0 aliphatic carbocycles. The Balaban J connectivity index is 2.11. The Bertz CT molecular complexity index is 441. The summed E-state index contributed by atoms with van der Waals surface area (Å²) in [5, 5.41) is 13.3. The normalized spacial score (nSPS) is 28.8. The van der Waals surface area contributed by atoms with Gasteiger partial charge in [-0.1, -0.05) is 19.1 Å². The predicted octanol–water partition coefficient (Wildman–Crippen LogP) is 0.905. The van der Waals surface area contributed by atoms with Gasteiger partial charge in [0.25, 0.3) is 0 Å². The first-order valence-corrected chi connectivity index (χ1v) is 9.22. The van der Waals surface area contributed by atoms with Crippen LogP contribution in [-0.2, 0) is 9.59 Å². The second kappa shape index (κ2) is 9.79. The molecule has 6 nitrogen and oxygen atoms in total. The Kier molecular flexibility index (Phi) is 7.72. The van der Waals surface area contributed by atoms with Crippen molar-refractivity contribution in [3.05, 3.63) is 12.2 Å². The van der Waals surface area contributed by atoms with Gasteiger partial charge >= 0.3 is 0 Å². The molecule has 2 amide bonds. The Morgan fingerprint density at radius 3 is 2.88 bits per heavy atom. The summed E-state index contributed by atoms with van der Waals surface area (Å²) in [5.41, 5.74) is 0. The van der Waals surface area contributed by atoms with Crippen molar-refractivity contribution in [2.45, 2.75) is 63.6 Å². The van der Waals surface area contributed by atoms with Crippen molar-refractivity contribution in [3.8, 4) is 0 Å². The molecule has 0 aromatic carbocycles. The molecule has 24 heavy (non-hydrogen) atoms. The lowest BCUT2D eigenvalue weighted by molar-refractivity contribution is -0.122. The minimum absolute atomic E-state index is 0.0450. The molecule has 0 unspecified atom stereocenters. The minimum atomic E-state index is -0.426. The van der Waals surface area contributed by atoms with Crippen molar-refractivity contribution >= 4 is 12.3 Å². The van der Waals surface area contributed by atoms with Crippen molar-refractivity contribution < 1.29 is 14.7 Å². The maximum Gasteiger partial charge on any atom is 0.221 e. The molecule has 2 aliphatic heterocycles. The van der Waals surface area contributed by atoms with Gasteiger partial charge in [-0.15, -0.1) is 0 Å². The van der Waals surface area contributed by atoms with E-state index in [1.165, 1.54) is 0 Å². The molecule has 0 spiro atoms. The number of nitrogens with zero attached hydrogens (tertiary/aromatic N) is 2. The Hall–Kier alpha value is -1.40. The van der Waals surface area contributed by atoms with Crippen LogP contribution in [0.3, 0.4) is 0 Å². The second-order valence-electron chi connectivity index (χ2n) is 6.78. The molecule has 1 fully saturated rings. The van der Waals surface area contributed by atoms with E-state index in [0.29, 0.717) is 19.4 Å². The largest absolute Gasteiger partial charge is 0.391 e. The lowest BCUT2D eigenvalue weighted by Crippen LogP contribution is -2.51. The van der Waals surface area contributed by atoms with Gasteiger partial charge in [0.15, 0.2) is 0 Å². The van der Waals surface area contributed by atoms with Crippen LogP contribution in [0.4, 0.5) is 0 Å². The van der Waals surface area contributed by atoms with Crippen LogP contribution in [-0.4, -0.2) is 71.6 Å². The fourth-order valence-corrected chi connectivity index (χ4v) is 3.61. The number of carbonyl (C=O) groups excluding carboxylic acids is 2. The van der Waals surface area contributed by atoms with Gasteiger partial charge in [-0.05, 0) is 32.1 Å². The summed E-state index contributed by atoms with van der Waals surface area (Å²) in [7, 11) is 0. The predicted molar refractivity (Wildman–Crippen MR) is 93.5 cm³/mol. The van der Waals surface area contributed by atoms with Crippen LogP contribution in [0.15, 0.2) is 12.2 Å². The van der Waals surface area contributed by atoms with E-state index in [1.807, 2.05) is 11.8 Å². The quantitative estimate of drug-likeness (QED) is 0.593. The third-order valence-electron chi connectivity index (χ3n) is 5.03. The summed E-state index contributed by atoms with van der Waals surface area (Å²) in [4.78, 5) is 27.5. The van der Waals surface area contributed by atoms with Crippen LogP contribution in [0.25, 0.3) is 0 Å². The van der Waals surface area contributed by atoms with Gasteiger partial charge in [0, 0.05) is 38.6 Å². The molecule has 2 heterocycles. The first-order valence-electron chi connectivity index (χ1n) is 9.22. The van der Waals surface area contributed by atoms with Crippen LogP contribution >= 0.6 is 0 Å². The van der Waals surface area contributed by atoms with Crippen LogP contribution in [0.1, 0.15) is 45.4 Å². The lowest BCUT2D eigenvalue weighted by Gasteiger charge is -2.41. The molecule has 136 valence electrons. The molecule has 3 atom stereocenters. The Labute approximate surface area is 144 Å². The number of rotatable bonds is 3. The lowest BCUT2D eigenvalue weighted by atomic mass is 9.94. The molecule has 6 heteroatoms. The van der Waals surface area contributed by atoms with Gasteiger partial charge in [0.2, 0.25) is 12.3 Å². The minimum Gasteiger partial charge on any atom is -0.391 e. The number of amides is 2. The van der Waals surface area contributed by atoms with E-state index in [-0.39, 0.29) is 18.0 Å². The van der Waals surface area contributed by atoms with Gasteiger partial charge in [-0.2, -0.15) is 0 Å². The third-order valence-corrected chi connectivity index (χ3v) is 5.03. The number of aliphatic hydroxyl groups excluding tert-OH is 1. The van der Waals surface area contributed by atoms with Gasteiger partial charge in [-0.25, -0.2) is 0 Å². The van der Waals surface area contributed by atoms with Gasteiger partial charge < -0.3 is 15.3 Å². The molecule has 1 saturated heterocycles. The summed E-state index contributed by atoms with van der Waals surface area (Å²) in [6.45, 7) is 4.89. The van der Waals surface area contributed by atoms with Crippen LogP contribution < -0.4 is 5.32 Å². The highest BCUT2D eigenvalue weighted by molar-refractivity contribution is 5.76. The highest BCUT2D eigenvalue weighted by atomic mass is 16.3. The summed E-state index contributed by atoms with van der Waals surface area (Å²) < 4.78 is 0. The van der Waals surface area contributed by atoms with E-state index >= 15 is 0 Å². The topological polar surface area (TPSA) is 72.9 Å². The molecule has 0 aromatic rings. The van der Waals surface area contributed by atoms with Gasteiger partial charge in [0.05, 0.1) is 12.1 Å². The first-order chi connectivity index (χ1) is 11.7. The van der Waals surface area contributed by atoms with Crippen molar-refractivity contribution in [1.29, 1.82) is 0 Å². The van der Waals surface area contributed by atoms with E-state index < -0.39 is 6.10 Å². The molecule has 2 rings (SSSR count). The SMILES string of the molecule is CC[C@H](O)[C@@H]1C=CC[C@@H]2CC(=O)NCCCCN(C=O)CCCN21. The van der Waals surface area contributed by atoms with Crippen molar-refractivity contribution in [2.24, 2.45) is 0 Å². The smallest absolute Gasteiger partial charge is 0.221 e. The highest BCUT2D eigenvalue weighted by Gasteiger charge is 2.32. The van der Waals surface area contributed by atoms with E-state index in [9.17, 15) is 14.7 Å². The number of hydrogen-bond acceptors (Lipinski definition) is 4. The van der Waals surface area contributed by atoms with E-state index in [0.717, 1.165) is 51.7 Å². The first kappa shape index (κ1) is 18.9. The monoisotopic (exact) mass is 337 g/mol. The van der Waals surface area contributed by atoms with Crippen LogP contribution in [0.2, 0.25) is 0 Å². The Morgan fingerprint density at radius 1 is 1.33 bits per heavy atom. The zero-order chi connectivity index (χ0) is 17.4. The number of carbonyl (C=O) groups is 2. The molecular weight excluding hydrogens is 306 g/mol. The summed E-state index contributed by atoms with van der Waals surface area (Å²) in [5.74, 6) is 0.0801. The fraction of sp³-hybridized carbons (Fsp3) is 0.778.